The van der Waals surface area contributed by atoms with Crippen molar-refractivity contribution in [3.63, 3.8) is 0 Å². The fourth-order valence-corrected chi connectivity index (χ4v) is 7.04. The zero-order valence-electron chi connectivity index (χ0n) is 27.5. The number of likely N-dealkylation sites (tertiary alicyclic amines) is 1. The zero-order chi connectivity index (χ0) is 31.6. The summed E-state index contributed by atoms with van der Waals surface area (Å²) in [6.07, 6.45) is 9.65. The minimum Gasteiger partial charge on any atom is -1.00 e. The van der Waals surface area contributed by atoms with E-state index in [0.29, 0.717) is 11.3 Å². The molecular formula is C37H46IN3O4. The number of likely N-dealkylation sites (N-methyl/N-ethyl adjacent to an activating group) is 1. The largest absolute Gasteiger partial charge is 1.00 e. The number of hydrogen-bond donors (Lipinski definition) is 0. The third-order valence-corrected chi connectivity index (χ3v) is 9.47. The lowest BCUT2D eigenvalue weighted by Crippen LogP contribution is -3.00. The number of aryl methyl sites for hydroxylation is 1. The molecule has 0 radical (unpaired) electrons. The maximum atomic E-state index is 12.0. The molecule has 0 N–H and O–H groups in total. The summed E-state index contributed by atoms with van der Waals surface area (Å²) in [6, 6.07) is 15.6. The van der Waals surface area contributed by atoms with E-state index in [1.807, 2.05) is 0 Å². The van der Waals surface area contributed by atoms with Gasteiger partial charge in [-0.1, -0.05) is 50.3 Å². The average molecular weight is 724 g/mol. The summed E-state index contributed by atoms with van der Waals surface area (Å²) in [4.78, 5) is 38.5. The van der Waals surface area contributed by atoms with Crippen molar-refractivity contribution >= 4 is 35.0 Å². The monoisotopic (exact) mass is 723 g/mol. The standard InChI is InChI=1S/C37H46N3O4.HI/c1-7-38-29-17-12-11-16-27(29)36(3,4)31(38)18-14-19-32-37(5,6)28-25-26(20-21-30(28)39(32)8-2)15-10-9-13-24-44-35(43)40-33(41)22-23-34(40)42;/h11-12,14,16-21,25H,7-10,13,15,22-24H2,1-6H3;1H/q+1;/p-1. The van der Waals surface area contributed by atoms with Gasteiger partial charge in [-0.05, 0) is 76.6 Å². The molecule has 2 aromatic carbocycles. The lowest BCUT2D eigenvalue weighted by Gasteiger charge is -2.25. The van der Waals surface area contributed by atoms with Gasteiger partial charge in [-0.2, -0.15) is 9.48 Å². The highest BCUT2D eigenvalue weighted by Gasteiger charge is 2.44. The van der Waals surface area contributed by atoms with E-state index in [9.17, 15) is 14.4 Å². The topological polar surface area (TPSA) is 69.9 Å². The van der Waals surface area contributed by atoms with E-state index < -0.39 is 17.9 Å². The van der Waals surface area contributed by atoms with Crippen molar-refractivity contribution in [3.05, 3.63) is 83.1 Å². The van der Waals surface area contributed by atoms with E-state index in [1.165, 1.54) is 39.5 Å². The van der Waals surface area contributed by atoms with Gasteiger partial charge in [0.15, 0.2) is 5.71 Å². The molecule has 3 heterocycles. The van der Waals surface area contributed by atoms with Crippen LogP contribution in [0.25, 0.3) is 0 Å². The van der Waals surface area contributed by atoms with Crippen LogP contribution in [0.4, 0.5) is 16.2 Å². The van der Waals surface area contributed by atoms with Gasteiger partial charge in [0.25, 0.3) is 0 Å². The Kier molecular flexibility index (Phi) is 10.8. The van der Waals surface area contributed by atoms with Crippen molar-refractivity contribution in [3.8, 4) is 0 Å². The molecule has 45 heavy (non-hydrogen) atoms. The number of benzene rings is 2. The molecule has 3 aliphatic rings. The fraction of sp³-hybridized carbons (Fsp3) is 0.459. The van der Waals surface area contributed by atoms with E-state index in [4.69, 9.17) is 4.74 Å². The number of allylic oxidation sites excluding steroid dienone is 4. The molecule has 3 amide bonds. The lowest BCUT2D eigenvalue weighted by atomic mass is 9.81. The van der Waals surface area contributed by atoms with Crippen LogP contribution >= 0.6 is 0 Å². The van der Waals surface area contributed by atoms with Gasteiger partial charge in [-0.3, -0.25) is 9.59 Å². The first-order valence-electron chi connectivity index (χ1n) is 16.1. The van der Waals surface area contributed by atoms with Crippen molar-refractivity contribution < 1.29 is 47.7 Å². The number of carbonyl (C=O) groups excluding carboxylic acids is 3. The summed E-state index contributed by atoms with van der Waals surface area (Å²) in [7, 11) is 0. The van der Waals surface area contributed by atoms with Crippen LogP contribution in [-0.4, -0.2) is 52.8 Å². The number of halogens is 1. The fourth-order valence-electron chi connectivity index (χ4n) is 7.04. The SMILES string of the molecule is CCN1/C(=C/C=C/C2=[N+](CC)c3ccccc3C2(C)C)C(C)(C)c2cc(CCCCCOC(=O)N3C(=O)CCC3=O)ccc21.[I-]. The van der Waals surface area contributed by atoms with Gasteiger partial charge >= 0.3 is 6.09 Å². The van der Waals surface area contributed by atoms with Gasteiger partial charge in [-0.25, -0.2) is 4.79 Å². The predicted octanol–water partition coefficient (Wildman–Crippen LogP) is 4.34. The maximum absolute atomic E-state index is 12.0. The summed E-state index contributed by atoms with van der Waals surface area (Å²) in [5, 5.41) is 0. The van der Waals surface area contributed by atoms with Crippen LogP contribution in [0.3, 0.4) is 0 Å². The summed E-state index contributed by atoms with van der Waals surface area (Å²) in [5.41, 5.74) is 9.05. The number of nitrogens with zero attached hydrogens (tertiary/aromatic N) is 3. The van der Waals surface area contributed by atoms with Crippen molar-refractivity contribution in [1.29, 1.82) is 0 Å². The minimum atomic E-state index is -0.837. The molecule has 8 heteroatoms. The van der Waals surface area contributed by atoms with Gasteiger partial charge in [0.1, 0.15) is 6.54 Å². The van der Waals surface area contributed by atoms with E-state index >= 15 is 0 Å². The Morgan fingerprint density at radius 1 is 0.933 bits per heavy atom. The third kappa shape index (κ3) is 6.53. The number of fused-ring (bicyclic) bond motifs is 2. The molecular weight excluding hydrogens is 677 g/mol. The van der Waals surface area contributed by atoms with Crippen LogP contribution in [0, 0.1) is 0 Å². The molecule has 0 spiro atoms. The smallest absolute Gasteiger partial charge is 0.423 e. The van der Waals surface area contributed by atoms with E-state index in [1.54, 1.807) is 0 Å². The molecule has 0 aliphatic carbocycles. The number of imide groups is 3. The lowest BCUT2D eigenvalue weighted by molar-refractivity contribution is -0.433. The van der Waals surface area contributed by atoms with Gasteiger partial charge in [0.2, 0.25) is 17.5 Å². The van der Waals surface area contributed by atoms with Crippen LogP contribution in [0.15, 0.2) is 66.4 Å². The molecule has 0 unspecified atom stereocenters. The number of para-hydroxylation sites is 1. The molecule has 3 aliphatic heterocycles. The normalized spacial score (nSPS) is 19.0. The molecule has 0 bridgehead atoms. The first-order chi connectivity index (χ1) is 21.0. The number of hydrogen-bond acceptors (Lipinski definition) is 5. The summed E-state index contributed by atoms with van der Waals surface area (Å²) >= 11 is 0. The third-order valence-electron chi connectivity index (χ3n) is 9.47. The number of unbranched alkanes of at least 4 members (excludes halogenated alkanes) is 2. The second kappa shape index (κ2) is 14.0. The quantitative estimate of drug-likeness (QED) is 0.158. The zero-order valence-corrected chi connectivity index (χ0v) is 29.6. The first kappa shape index (κ1) is 34.6. The van der Waals surface area contributed by atoms with Gasteiger partial charge in [-0.15, -0.1) is 0 Å². The van der Waals surface area contributed by atoms with E-state index in [2.05, 4.69) is 112 Å². The molecule has 7 nitrogen and oxygen atoms in total. The second-order valence-corrected chi connectivity index (χ2v) is 13.0. The van der Waals surface area contributed by atoms with Crippen molar-refractivity contribution in [2.24, 2.45) is 0 Å². The highest BCUT2D eigenvalue weighted by Crippen LogP contribution is 2.48. The van der Waals surface area contributed by atoms with Crippen molar-refractivity contribution in [2.75, 3.05) is 24.6 Å². The summed E-state index contributed by atoms with van der Waals surface area (Å²) < 4.78 is 7.60. The molecule has 0 saturated carbocycles. The Labute approximate surface area is 285 Å². The number of anilines is 1. The Balaban J connectivity index is 0.00000461. The molecule has 0 atom stereocenters. The van der Waals surface area contributed by atoms with Gasteiger partial charge in [0.05, 0.1) is 12.0 Å². The first-order valence-corrected chi connectivity index (χ1v) is 16.1. The van der Waals surface area contributed by atoms with Crippen molar-refractivity contribution in [2.45, 2.75) is 90.9 Å². The van der Waals surface area contributed by atoms with Gasteiger partial charge < -0.3 is 33.6 Å². The van der Waals surface area contributed by atoms with Gasteiger partial charge in [0, 0.05) is 53.9 Å². The molecule has 1 saturated heterocycles. The highest BCUT2D eigenvalue weighted by molar-refractivity contribution is 6.13. The number of carbonyl (C=O) groups is 3. The maximum Gasteiger partial charge on any atom is 0.423 e. The Hall–Kier alpha value is -3.27. The van der Waals surface area contributed by atoms with Crippen LogP contribution in [0.2, 0.25) is 0 Å². The molecule has 2 aromatic rings. The van der Waals surface area contributed by atoms with Crippen molar-refractivity contribution in [1.82, 2.24) is 4.90 Å². The Morgan fingerprint density at radius 2 is 1.64 bits per heavy atom. The molecule has 240 valence electrons. The Morgan fingerprint density at radius 3 is 2.33 bits per heavy atom. The summed E-state index contributed by atoms with van der Waals surface area (Å²) in [5.74, 6) is -0.943. The minimum absolute atomic E-state index is 0. The van der Waals surface area contributed by atoms with Crippen LogP contribution in [-0.2, 0) is 31.6 Å². The molecule has 5 rings (SSSR count). The highest BCUT2D eigenvalue weighted by atomic mass is 127. The average Bonchev–Trinajstić information content (AvgIpc) is 3.53. The van der Waals surface area contributed by atoms with Crippen LogP contribution < -0.4 is 28.9 Å². The van der Waals surface area contributed by atoms with E-state index in [0.717, 1.165) is 32.4 Å². The number of amides is 3. The molecule has 1 fully saturated rings. The predicted molar refractivity (Wildman–Crippen MR) is 175 cm³/mol. The second-order valence-electron chi connectivity index (χ2n) is 13.0. The summed E-state index contributed by atoms with van der Waals surface area (Å²) in [6.45, 7) is 15.7. The molecule has 0 aromatic heterocycles. The van der Waals surface area contributed by atoms with Crippen LogP contribution in [0.5, 0.6) is 0 Å². The van der Waals surface area contributed by atoms with Crippen LogP contribution in [0.1, 0.15) is 90.3 Å². The van der Waals surface area contributed by atoms with E-state index in [-0.39, 0.29) is 54.3 Å². The number of ether oxygens (including phenoxy) is 1. The number of rotatable bonds is 10. The Bertz CT molecular complexity index is 1550.